The molecule has 0 bridgehead atoms. The fourth-order valence-corrected chi connectivity index (χ4v) is 4.69. The molecule has 3 aromatic heterocycles. The number of hydrogen-bond acceptors (Lipinski definition) is 7. The van der Waals surface area contributed by atoms with Gasteiger partial charge in [0.1, 0.15) is 22.0 Å². The van der Waals surface area contributed by atoms with Gasteiger partial charge >= 0.3 is 0 Å². The third kappa shape index (κ3) is 4.52. The molecule has 1 saturated heterocycles. The zero-order chi connectivity index (χ0) is 21.2. The van der Waals surface area contributed by atoms with Crippen LogP contribution >= 0.6 is 11.3 Å². The van der Waals surface area contributed by atoms with E-state index in [4.69, 9.17) is 4.98 Å². The van der Waals surface area contributed by atoms with Crippen LogP contribution in [-0.4, -0.2) is 40.0 Å². The number of nitrogens with one attached hydrogen (secondary N) is 1. The molecule has 0 amide bonds. The minimum Gasteiger partial charge on any atom is -0.329 e. The van der Waals surface area contributed by atoms with E-state index < -0.39 is 0 Å². The zero-order valence-corrected chi connectivity index (χ0v) is 18.7. The molecule has 0 spiro atoms. The second-order valence-electron chi connectivity index (χ2n) is 8.07. The molecule has 7 heteroatoms. The number of benzene rings is 1. The Labute approximate surface area is 186 Å². The predicted octanol–water partition coefficient (Wildman–Crippen LogP) is 5.50. The number of anilines is 4. The SMILES string of the molecule is Cc1ccc(N(C)c2ccc3nc(Nc4ccc(CN5CCCC5)cn4)sc3n2)cc1. The second kappa shape index (κ2) is 8.61. The maximum absolute atomic E-state index is 4.82. The van der Waals surface area contributed by atoms with E-state index in [-0.39, 0.29) is 0 Å². The van der Waals surface area contributed by atoms with E-state index in [0.29, 0.717) is 0 Å². The Balaban J connectivity index is 1.30. The van der Waals surface area contributed by atoms with Crippen LogP contribution in [0.1, 0.15) is 24.0 Å². The summed E-state index contributed by atoms with van der Waals surface area (Å²) in [4.78, 5) is 19.6. The molecule has 0 aliphatic carbocycles. The van der Waals surface area contributed by atoms with E-state index in [0.717, 1.165) is 39.3 Å². The maximum atomic E-state index is 4.82. The van der Waals surface area contributed by atoms with Gasteiger partial charge in [-0.3, -0.25) is 4.90 Å². The highest BCUT2D eigenvalue weighted by Gasteiger charge is 2.13. The van der Waals surface area contributed by atoms with Crippen LogP contribution in [0.15, 0.2) is 54.7 Å². The molecule has 1 N–H and O–H groups in total. The van der Waals surface area contributed by atoms with Crippen LogP contribution in [-0.2, 0) is 6.54 Å². The summed E-state index contributed by atoms with van der Waals surface area (Å²) in [6.07, 6.45) is 4.57. The van der Waals surface area contributed by atoms with Crippen molar-refractivity contribution in [1.82, 2.24) is 19.9 Å². The van der Waals surface area contributed by atoms with Gasteiger partial charge in [-0.05, 0) is 68.8 Å². The molecule has 31 heavy (non-hydrogen) atoms. The van der Waals surface area contributed by atoms with Gasteiger partial charge in [-0.1, -0.05) is 35.1 Å². The normalized spacial score (nSPS) is 14.3. The molecule has 1 aliphatic heterocycles. The first kappa shape index (κ1) is 19.9. The maximum Gasteiger partial charge on any atom is 0.190 e. The van der Waals surface area contributed by atoms with Crippen molar-refractivity contribution in [2.24, 2.45) is 0 Å². The van der Waals surface area contributed by atoms with Crippen molar-refractivity contribution in [2.45, 2.75) is 26.3 Å². The van der Waals surface area contributed by atoms with Crippen LogP contribution in [0.3, 0.4) is 0 Å². The van der Waals surface area contributed by atoms with Crippen LogP contribution in [0.2, 0.25) is 0 Å². The van der Waals surface area contributed by atoms with Crippen LogP contribution in [0.25, 0.3) is 10.3 Å². The first-order chi connectivity index (χ1) is 15.1. The Bertz CT molecular complexity index is 1160. The van der Waals surface area contributed by atoms with Gasteiger partial charge in [0.15, 0.2) is 5.13 Å². The van der Waals surface area contributed by atoms with E-state index in [1.54, 1.807) is 11.3 Å². The Hall–Kier alpha value is -3.03. The summed E-state index contributed by atoms with van der Waals surface area (Å²) in [6.45, 7) is 5.46. The van der Waals surface area contributed by atoms with Crippen molar-refractivity contribution >= 4 is 44.1 Å². The van der Waals surface area contributed by atoms with Crippen molar-refractivity contribution in [2.75, 3.05) is 30.4 Å². The van der Waals surface area contributed by atoms with Gasteiger partial charge in [0, 0.05) is 25.5 Å². The third-order valence-corrected chi connectivity index (χ3v) is 6.55. The number of fused-ring (bicyclic) bond motifs is 1. The van der Waals surface area contributed by atoms with E-state index in [1.165, 1.54) is 37.1 Å². The summed E-state index contributed by atoms with van der Waals surface area (Å²) < 4.78 is 0. The van der Waals surface area contributed by atoms with E-state index >= 15 is 0 Å². The molecular weight excluding hydrogens is 404 g/mol. The summed E-state index contributed by atoms with van der Waals surface area (Å²) in [6, 6.07) is 16.7. The van der Waals surface area contributed by atoms with E-state index in [1.807, 2.05) is 31.4 Å². The summed E-state index contributed by atoms with van der Waals surface area (Å²) in [5.74, 6) is 1.71. The zero-order valence-electron chi connectivity index (χ0n) is 17.9. The van der Waals surface area contributed by atoms with Gasteiger partial charge in [0.25, 0.3) is 0 Å². The van der Waals surface area contributed by atoms with Gasteiger partial charge < -0.3 is 10.2 Å². The average Bonchev–Trinajstić information content (AvgIpc) is 3.44. The van der Waals surface area contributed by atoms with Gasteiger partial charge in [-0.15, -0.1) is 0 Å². The lowest BCUT2D eigenvalue weighted by Gasteiger charge is -2.18. The molecule has 4 heterocycles. The molecule has 4 aromatic rings. The number of aryl methyl sites for hydroxylation is 1. The summed E-state index contributed by atoms with van der Waals surface area (Å²) in [7, 11) is 2.03. The highest BCUT2D eigenvalue weighted by Crippen LogP contribution is 2.30. The molecule has 0 unspecified atom stereocenters. The standard InChI is InChI=1S/C24H26N6S/c1-17-5-8-19(9-6-17)29(2)22-12-10-20-23(28-22)31-24(26-20)27-21-11-7-18(15-25-21)16-30-13-3-4-14-30/h5-12,15H,3-4,13-14,16H2,1-2H3,(H,25,26,27). The van der Waals surface area contributed by atoms with E-state index in [2.05, 4.69) is 62.3 Å². The minimum atomic E-state index is 0.803. The highest BCUT2D eigenvalue weighted by molar-refractivity contribution is 7.21. The lowest BCUT2D eigenvalue weighted by atomic mass is 10.2. The molecule has 0 atom stereocenters. The van der Waals surface area contributed by atoms with Crippen molar-refractivity contribution in [3.05, 3.63) is 65.9 Å². The van der Waals surface area contributed by atoms with Crippen LogP contribution in [0.5, 0.6) is 0 Å². The number of hydrogen-bond donors (Lipinski definition) is 1. The number of likely N-dealkylation sites (tertiary alicyclic amines) is 1. The Morgan fingerprint density at radius 2 is 1.81 bits per heavy atom. The van der Waals surface area contributed by atoms with Crippen molar-refractivity contribution in [3.8, 4) is 0 Å². The lowest BCUT2D eigenvalue weighted by Crippen LogP contribution is -2.18. The minimum absolute atomic E-state index is 0.803. The number of thiazole rings is 1. The molecule has 0 saturated carbocycles. The van der Waals surface area contributed by atoms with Crippen LogP contribution < -0.4 is 10.2 Å². The van der Waals surface area contributed by atoms with Crippen molar-refractivity contribution in [3.63, 3.8) is 0 Å². The molecule has 1 fully saturated rings. The fraction of sp³-hybridized carbons (Fsp3) is 0.292. The van der Waals surface area contributed by atoms with Crippen molar-refractivity contribution < 1.29 is 0 Å². The van der Waals surface area contributed by atoms with Gasteiger partial charge in [0.2, 0.25) is 0 Å². The molecule has 158 valence electrons. The summed E-state index contributed by atoms with van der Waals surface area (Å²) in [5.41, 5.74) is 4.50. The Kier molecular flexibility index (Phi) is 5.53. The largest absolute Gasteiger partial charge is 0.329 e. The topological polar surface area (TPSA) is 57.2 Å². The smallest absolute Gasteiger partial charge is 0.190 e. The van der Waals surface area contributed by atoms with Gasteiger partial charge in [-0.25, -0.2) is 15.0 Å². The molecular formula is C24H26N6S. The molecule has 6 nitrogen and oxygen atoms in total. The number of nitrogens with zero attached hydrogens (tertiary/aromatic N) is 5. The molecule has 0 radical (unpaired) electrons. The van der Waals surface area contributed by atoms with E-state index in [9.17, 15) is 0 Å². The molecule has 5 rings (SSSR count). The summed E-state index contributed by atoms with van der Waals surface area (Å²) >= 11 is 1.54. The molecule has 1 aliphatic rings. The number of rotatable bonds is 6. The quantitative estimate of drug-likeness (QED) is 0.436. The Morgan fingerprint density at radius 3 is 2.55 bits per heavy atom. The second-order valence-corrected chi connectivity index (χ2v) is 9.04. The average molecular weight is 431 g/mol. The Morgan fingerprint density at radius 1 is 1.00 bits per heavy atom. The van der Waals surface area contributed by atoms with Gasteiger partial charge in [-0.2, -0.15) is 0 Å². The van der Waals surface area contributed by atoms with Crippen LogP contribution in [0, 0.1) is 6.92 Å². The number of pyridine rings is 2. The first-order valence-corrected chi connectivity index (χ1v) is 11.5. The predicted molar refractivity (Wildman–Crippen MR) is 129 cm³/mol. The third-order valence-electron chi connectivity index (χ3n) is 5.67. The monoisotopic (exact) mass is 430 g/mol. The summed E-state index contributed by atoms with van der Waals surface area (Å²) in [5, 5.41) is 4.13. The van der Waals surface area contributed by atoms with Crippen LogP contribution in [0.4, 0.5) is 22.5 Å². The molecule has 1 aromatic carbocycles. The van der Waals surface area contributed by atoms with Gasteiger partial charge in [0.05, 0.1) is 0 Å². The number of aromatic nitrogens is 3. The fourth-order valence-electron chi connectivity index (χ4n) is 3.85. The lowest BCUT2D eigenvalue weighted by molar-refractivity contribution is 0.331. The van der Waals surface area contributed by atoms with Crippen molar-refractivity contribution in [1.29, 1.82) is 0 Å². The highest BCUT2D eigenvalue weighted by atomic mass is 32.1. The first-order valence-electron chi connectivity index (χ1n) is 10.7.